The quantitative estimate of drug-likeness (QED) is 0.402. The predicted molar refractivity (Wildman–Crippen MR) is 113 cm³/mol. The third-order valence-electron chi connectivity index (χ3n) is 4.96. The van der Waals surface area contributed by atoms with Crippen LogP contribution in [0.25, 0.3) is 5.76 Å². The number of rotatable bonds is 5. The molecule has 1 heterocycles. The Morgan fingerprint density at radius 3 is 2.52 bits per heavy atom. The number of hydrogen-bond donors (Lipinski definition) is 1. The fourth-order valence-electron chi connectivity index (χ4n) is 3.66. The van der Waals surface area contributed by atoms with Crippen LogP contribution in [0.3, 0.4) is 0 Å². The summed E-state index contributed by atoms with van der Waals surface area (Å²) in [5.41, 5.74) is 1.84. The molecule has 1 amide bonds. The Morgan fingerprint density at radius 1 is 1.21 bits per heavy atom. The van der Waals surface area contributed by atoms with E-state index in [1.807, 2.05) is 38.1 Å². The van der Waals surface area contributed by atoms with Crippen LogP contribution in [-0.4, -0.2) is 35.4 Å². The van der Waals surface area contributed by atoms with Gasteiger partial charge in [-0.3, -0.25) is 9.59 Å². The van der Waals surface area contributed by atoms with Gasteiger partial charge in [-0.1, -0.05) is 54.4 Å². The van der Waals surface area contributed by atoms with Gasteiger partial charge in [-0.05, 0) is 36.6 Å². The van der Waals surface area contributed by atoms with E-state index in [1.165, 1.54) is 24.1 Å². The first kappa shape index (κ1) is 21.2. The molecule has 1 unspecified atom stereocenters. The SMILES string of the molecule is CCCN1C(=O)C(=O)/C(=C(/O)c2cc(Cl)cc(Cl)c2OC)C1c1ccccc1C. The molecule has 0 spiro atoms. The van der Waals surface area contributed by atoms with Gasteiger partial charge in [0.15, 0.2) is 0 Å². The zero-order chi connectivity index (χ0) is 21.3. The maximum absolute atomic E-state index is 13.0. The lowest BCUT2D eigenvalue weighted by Crippen LogP contribution is -2.30. The molecule has 29 heavy (non-hydrogen) atoms. The molecule has 0 saturated carbocycles. The van der Waals surface area contributed by atoms with Gasteiger partial charge in [-0.15, -0.1) is 0 Å². The van der Waals surface area contributed by atoms with Crippen LogP contribution < -0.4 is 4.74 Å². The minimum Gasteiger partial charge on any atom is -0.507 e. The number of carbonyl (C=O) groups is 2. The van der Waals surface area contributed by atoms with E-state index in [-0.39, 0.29) is 32.7 Å². The molecular formula is C22H21Cl2NO4. The van der Waals surface area contributed by atoms with Gasteiger partial charge in [-0.25, -0.2) is 0 Å². The molecule has 1 atom stereocenters. The van der Waals surface area contributed by atoms with Gasteiger partial charge in [0.1, 0.15) is 11.5 Å². The third-order valence-corrected chi connectivity index (χ3v) is 5.45. The van der Waals surface area contributed by atoms with Crippen molar-refractivity contribution < 1.29 is 19.4 Å². The molecule has 0 radical (unpaired) electrons. The van der Waals surface area contributed by atoms with Crippen molar-refractivity contribution in [2.45, 2.75) is 26.3 Å². The molecule has 2 aromatic rings. The Balaban J connectivity index is 2.31. The largest absolute Gasteiger partial charge is 0.507 e. The molecule has 152 valence electrons. The molecule has 3 rings (SSSR count). The smallest absolute Gasteiger partial charge is 0.295 e. The van der Waals surface area contributed by atoms with Crippen LogP contribution >= 0.6 is 23.2 Å². The number of ether oxygens (including phenoxy) is 1. The number of ketones is 1. The Hall–Kier alpha value is -2.50. The number of likely N-dealkylation sites (tertiary alicyclic amines) is 1. The fourth-order valence-corrected chi connectivity index (χ4v) is 4.23. The average Bonchev–Trinajstić information content (AvgIpc) is 2.92. The highest BCUT2D eigenvalue weighted by molar-refractivity contribution is 6.46. The molecule has 7 heteroatoms. The molecule has 2 aromatic carbocycles. The maximum atomic E-state index is 13.0. The van der Waals surface area contributed by atoms with Crippen LogP contribution in [0, 0.1) is 6.92 Å². The van der Waals surface area contributed by atoms with E-state index in [4.69, 9.17) is 27.9 Å². The molecule has 1 N–H and O–H groups in total. The summed E-state index contributed by atoms with van der Waals surface area (Å²) in [6, 6.07) is 9.70. The second-order valence-electron chi connectivity index (χ2n) is 6.82. The van der Waals surface area contributed by atoms with E-state index >= 15 is 0 Å². The maximum Gasteiger partial charge on any atom is 0.295 e. The van der Waals surface area contributed by atoms with E-state index in [0.29, 0.717) is 13.0 Å². The predicted octanol–water partition coefficient (Wildman–Crippen LogP) is 5.14. The standard InChI is InChI=1S/C22H21Cl2NO4/c1-4-9-25-18(14-8-6-5-7-12(14)2)17(20(27)22(25)28)19(26)15-10-13(23)11-16(24)21(15)29-3/h5-8,10-11,18,26H,4,9H2,1-3H3/b19-17+. The summed E-state index contributed by atoms with van der Waals surface area (Å²) >= 11 is 12.3. The molecule has 1 saturated heterocycles. The normalized spacial score (nSPS) is 18.4. The third kappa shape index (κ3) is 3.72. The molecule has 0 aromatic heterocycles. The fraction of sp³-hybridized carbons (Fsp3) is 0.273. The highest BCUT2D eigenvalue weighted by Gasteiger charge is 2.46. The first-order valence-electron chi connectivity index (χ1n) is 9.19. The van der Waals surface area contributed by atoms with Gasteiger partial charge in [0, 0.05) is 11.6 Å². The Morgan fingerprint density at radius 2 is 1.90 bits per heavy atom. The zero-order valence-electron chi connectivity index (χ0n) is 16.3. The number of amides is 1. The van der Waals surface area contributed by atoms with Crippen LogP contribution in [0.5, 0.6) is 5.75 Å². The number of benzene rings is 2. The van der Waals surface area contributed by atoms with Crippen molar-refractivity contribution >= 4 is 40.7 Å². The lowest BCUT2D eigenvalue weighted by atomic mass is 9.92. The first-order chi connectivity index (χ1) is 13.8. The van der Waals surface area contributed by atoms with E-state index in [2.05, 4.69) is 0 Å². The topological polar surface area (TPSA) is 66.8 Å². The van der Waals surface area contributed by atoms with Crippen molar-refractivity contribution in [3.05, 3.63) is 68.7 Å². The summed E-state index contributed by atoms with van der Waals surface area (Å²) in [5.74, 6) is -1.58. The number of aryl methyl sites for hydroxylation is 1. The second-order valence-corrected chi connectivity index (χ2v) is 7.66. The van der Waals surface area contributed by atoms with Crippen LogP contribution in [0.1, 0.15) is 36.1 Å². The number of hydrogen-bond acceptors (Lipinski definition) is 4. The summed E-state index contributed by atoms with van der Waals surface area (Å²) in [6.45, 7) is 4.21. The van der Waals surface area contributed by atoms with Crippen molar-refractivity contribution in [2.24, 2.45) is 0 Å². The summed E-state index contributed by atoms with van der Waals surface area (Å²) in [5, 5.41) is 11.6. The van der Waals surface area contributed by atoms with Crippen molar-refractivity contribution in [3.8, 4) is 5.75 Å². The number of aliphatic hydroxyl groups excluding tert-OH is 1. The number of aliphatic hydroxyl groups is 1. The molecule has 5 nitrogen and oxygen atoms in total. The molecular weight excluding hydrogens is 413 g/mol. The number of nitrogens with zero attached hydrogens (tertiary/aromatic N) is 1. The molecule has 1 fully saturated rings. The van der Waals surface area contributed by atoms with Gasteiger partial charge < -0.3 is 14.7 Å². The van der Waals surface area contributed by atoms with Crippen molar-refractivity contribution in [3.63, 3.8) is 0 Å². The number of halogens is 2. The van der Waals surface area contributed by atoms with Crippen LogP contribution in [0.4, 0.5) is 0 Å². The summed E-state index contributed by atoms with van der Waals surface area (Å²) < 4.78 is 5.32. The van der Waals surface area contributed by atoms with E-state index in [0.717, 1.165) is 11.1 Å². The Kier molecular flexibility index (Phi) is 6.20. The monoisotopic (exact) mass is 433 g/mol. The van der Waals surface area contributed by atoms with Crippen molar-refractivity contribution in [1.29, 1.82) is 0 Å². The highest BCUT2D eigenvalue weighted by Crippen LogP contribution is 2.43. The van der Waals surface area contributed by atoms with Gasteiger partial charge in [-0.2, -0.15) is 0 Å². The first-order valence-corrected chi connectivity index (χ1v) is 9.94. The van der Waals surface area contributed by atoms with Gasteiger partial charge in [0.25, 0.3) is 11.7 Å². The number of Topliss-reactive ketones (excluding diaryl/α,β-unsaturated/α-hetero) is 1. The van der Waals surface area contributed by atoms with E-state index < -0.39 is 17.7 Å². The lowest BCUT2D eigenvalue weighted by Gasteiger charge is -2.26. The van der Waals surface area contributed by atoms with Gasteiger partial charge in [0.05, 0.1) is 29.3 Å². The van der Waals surface area contributed by atoms with Gasteiger partial charge in [0.2, 0.25) is 0 Å². The highest BCUT2D eigenvalue weighted by atomic mass is 35.5. The second kappa shape index (κ2) is 8.47. The molecule has 0 aliphatic carbocycles. The van der Waals surface area contributed by atoms with E-state index in [9.17, 15) is 14.7 Å². The Labute approximate surface area is 179 Å². The molecule has 1 aliphatic heterocycles. The van der Waals surface area contributed by atoms with Crippen LogP contribution in [0.2, 0.25) is 10.0 Å². The summed E-state index contributed by atoms with van der Waals surface area (Å²) in [4.78, 5) is 27.2. The minimum atomic E-state index is -0.748. The average molecular weight is 434 g/mol. The summed E-state index contributed by atoms with van der Waals surface area (Å²) in [7, 11) is 1.40. The Bertz CT molecular complexity index is 1020. The molecule has 0 bridgehead atoms. The van der Waals surface area contributed by atoms with E-state index in [1.54, 1.807) is 0 Å². The van der Waals surface area contributed by atoms with Crippen molar-refractivity contribution in [1.82, 2.24) is 4.90 Å². The summed E-state index contributed by atoms with van der Waals surface area (Å²) in [6.07, 6.45) is 0.668. The zero-order valence-corrected chi connectivity index (χ0v) is 17.8. The lowest BCUT2D eigenvalue weighted by molar-refractivity contribution is -0.139. The number of methoxy groups -OCH3 is 1. The minimum absolute atomic E-state index is 0.00520. The number of carbonyl (C=O) groups excluding carboxylic acids is 2. The van der Waals surface area contributed by atoms with Crippen molar-refractivity contribution in [2.75, 3.05) is 13.7 Å². The molecule has 1 aliphatic rings. The van der Waals surface area contributed by atoms with Crippen LogP contribution in [0.15, 0.2) is 42.0 Å². The van der Waals surface area contributed by atoms with Crippen LogP contribution in [-0.2, 0) is 9.59 Å². The van der Waals surface area contributed by atoms with Gasteiger partial charge >= 0.3 is 0 Å².